The van der Waals surface area contributed by atoms with Crippen LogP contribution in [-0.4, -0.2) is 36.8 Å². The first-order valence-electron chi connectivity index (χ1n) is 8.05. The Bertz CT molecular complexity index is 838. The van der Waals surface area contributed by atoms with Gasteiger partial charge in [0.25, 0.3) is 0 Å². The van der Waals surface area contributed by atoms with E-state index >= 15 is 0 Å². The highest BCUT2D eigenvalue weighted by atomic mass is 32.2. The van der Waals surface area contributed by atoms with Gasteiger partial charge in [0, 0.05) is 10.9 Å². The minimum absolute atomic E-state index is 0.0217. The molecule has 0 aliphatic carbocycles. The molecule has 2 aromatic carbocycles. The first-order valence-corrected chi connectivity index (χ1v) is 10.9. The normalized spacial score (nSPS) is 18.6. The van der Waals surface area contributed by atoms with E-state index < -0.39 is 9.84 Å². The highest BCUT2D eigenvalue weighted by Gasteiger charge is 2.28. The molecule has 25 heavy (non-hydrogen) atoms. The summed E-state index contributed by atoms with van der Waals surface area (Å²) in [6, 6.07) is 17.2. The van der Waals surface area contributed by atoms with E-state index in [-0.39, 0.29) is 28.4 Å². The number of benzene rings is 2. The van der Waals surface area contributed by atoms with E-state index in [0.717, 1.165) is 11.4 Å². The largest absolute Gasteiger partial charge is 0.354 e. The number of hydrogen-bond acceptors (Lipinski definition) is 5. The van der Waals surface area contributed by atoms with Crippen LogP contribution in [-0.2, 0) is 14.6 Å². The van der Waals surface area contributed by atoms with Crippen LogP contribution in [0.4, 0.5) is 17.1 Å². The first-order chi connectivity index (χ1) is 12.0. The van der Waals surface area contributed by atoms with Crippen molar-refractivity contribution in [2.24, 2.45) is 0 Å². The standard InChI is InChI=1S/C18H20N2O3S2/c21-18(12-24-15-10-11-25(22,23)13-15)20-17-9-5-4-8-16(17)19-14-6-2-1-3-7-14/h1-9,15,19H,10-13H2,(H,20,21)/t15-/m1/s1. The van der Waals surface area contributed by atoms with E-state index in [1.54, 1.807) is 0 Å². The van der Waals surface area contributed by atoms with Gasteiger partial charge in [0.1, 0.15) is 0 Å². The van der Waals surface area contributed by atoms with E-state index in [1.807, 2.05) is 54.6 Å². The Morgan fingerprint density at radius 2 is 1.72 bits per heavy atom. The topological polar surface area (TPSA) is 75.3 Å². The Balaban J connectivity index is 1.58. The Kier molecular flexibility index (Phi) is 5.65. The summed E-state index contributed by atoms with van der Waals surface area (Å²) in [5, 5.41) is 6.21. The second-order valence-electron chi connectivity index (χ2n) is 5.92. The molecule has 0 saturated carbocycles. The molecule has 0 bridgehead atoms. The number of carbonyl (C=O) groups excluding carboxylic acids is 1. The summed E-state index contributed by atoms with van der Waals surface area (Å²) < 4.78 is 22.9. The Morgan fingerprint density at radius 1 is 1.04 bits per heavy atom. The average Bonchev–Trinajstić information content (AvgIpc) is 2.95. The van der Waals surface area contributed by atoms with Crippen LogP contribution >= 0.6 is 11.8 Å². The number of para-hydroxylation sites is 3. The van der Waals surface area contributed by atoms with E-state index in [2.05, 4.69) is 10.6 Å². The quantitative estimate of drug-likeness (QED) is 0.809. The summed E-state index contributed by atoms with van der Waals surface area (Å²) in [6.45, 7) is 0. The maximum Gasteiger partial charge on any atom is 0.234 e. The number of amides is 1. The van der Waals surface area contributed by atoms with Crippen molar-refractivity contribution < 1.29 is 13.2 Å². The summed E-state index contributed by atoms with van der Waals surface area (Å²) in [5.74, 6) is 0.532. The summed E-state index contributed by atoms with van der Waals surface area (Å²) in [5.41, 5.74) is 2.46. The summed E-state index contributed by atoms with van der Waals surface area (Å²) in [4.78, 5) is 12.2. The maximum absolute atomic E-state index is 12.2. The van der Waals surface area contributed by atoms with E-state index in [1.165, 1.54) is 11.8 Å². The van der Waals surface area contributed by atoms with Gasteiger partial charge < -0.3 is 10.6 Å². The van der Waals surface area contributed by atoms with Crippen LogP contribution < -0.4 is 10.6 Å². The van der Waals surface area contributed by atoms with Crippen LogP contribution in [0.5, 0.6) is 0 Å². The molecule has 0 aromatic heterocycles. The molecule has 1 heterocycles. The van der Waals surface area contributed by atoms with Crippen molar-refractivity contribution in [2.75, 3.05) is 27.9 Å². The first kappa shape index (κ1) is 17.8. The number of carbonyl (C=O) groups is 1. The molecule has 1 fully saturated rings. The van der Waals surface area contributed by atoms with Crippen LogP contribution in [0.15, 0.2) is 54.6 Å². The monoisotopic (exact) mass is 376 g/mol. The molecular formula is C18H20N2O3S2. The van der Waals surface area contributed by atoms with Gasteiger partial charge in [-0.05, 0) is 30.7 Å². The maximum atomic E-state index is 12.2. The molecule has 1 amide bonds. The van der Waals surface area contributed by atoms with Gasteiger partial charge in [0.05, 0.1) is 28.6 Å². The van der Waals surface area contributed by atoms with Crippen molar-refractivity contribution in [1.82, 2.24) is 0 Å². The smallest absolute Gasteiger partial charge is 0.234 e. The van der Waals surface area contributed by atoms with Crippen molar-refractivity contribution in [3.05, 3.63) is 54.6 Å². The van der Waals surface area contributed by atoms with Gasteiger partial charge in [-0.25, -0.2) is 8.42 Å². The SMILES string of the molecule is O=C(CS[C@@H]1CCS(=O)(=O)C1)Nc1ccccc1Nc1ccccc1. The molecule has 0 spiro atoms. The number of thioether (sulfide) groups is 1. The zero-order valence-electron chi connectivity index (χ0n) is 13.6. The molecule has 2 aromatic rings. The molecule has 1 atom stereocenters. The predicted octanol–water partition coefficient (Wildman–Crippen LogP) is 3.29. The molecule has 1 saturated heterocycles. The van der Waals surface area contributed by atoms with Gasteiger partial charge in [-0.15, -0.1) is 11.8 Å². The van der Waals surface area contributed by atoms with Gasteiger partial charge in [-0.2, -0.15) is 0 Å². The predicted molar refractivity (Wildman–Crippen MR) is 104 cm³/mol. The van der Waals surface area contributed by atoms with E-state index in [0.29, 0.717) is 12.1 Å². The van der Waals surface area contributed by atoms with Gasteiger partial charge in [0.15, 0.2) is 9.84 Å². The molecule has 3 rings (SSSR count). The van der Waals surface area contributed by atoms with Crippen LogP contribution in [0.2, 0.25) is 0 Å². The molecule has 1 aliphatic heterocycles. The fourth-order valence-electron chi connectivity index (χ4n) is 2.65. The Hall–Kier alpha value is -1.99. The van der Waals surface area contributed by atoms with E-state index in [4.69, 9.17) is 0 Å². The molecular weight excluding hydrogens is 356 g/mol. The van der Waals surface area contributed by atoms with Crippen molar-refractivity contribution in [3.8, 4) is 0 Å². The third kappa shape index (κ3) is 5.24. The highest BCUT2D eigenvalue weighted by molar-refractivity contribution is 8.02. The zero-order chi connectivity index (χ0) is 17.7. The highest BCUT2D eigenvalue weighted by Crippen LogP contribution is 2.27. The van der Waals surface area contributed by atoms with Crippen LogP contribution in [0.3, 0.4) is 0 Å². The third-order valence-corrected chi connectivity index (χ3v) is 7.18. The van der Waals surface area contributed by atoms with Crippen molar-refractivity contribution in [3.63, 3.8) is 0 Å². The molecule has 0 unspecified atom stereocenters. The molecule has 132 valence electrons. The number of rotatable bonds is 6. The van der Waals surface area contributed by atoms with Gasteiger partial charge in [0.2, 0.25) is 5.91 Å². The molecule has 1 aliphatic rings. The number of hydrogen-bond donors (Lipinski definition) is 2. The Morgan fingerprint density at radius 3 is 2.40 bits per heavy atom. The van der Waals surface area contributed by atoms with Crippen LogP contribution in [0, 0.1) is 0 Å². The van der Waals surface area contributed by atoms with Gasteiger partial charge in [-0.1, -0.05) is 30.3 Å². The molecule has 7 heteroatoms. The summed E-state index contributed by atoms with van der Waals surface area (Å²) in [7, 11) is -2.91. The van der Waals surface area contributed by atoms with E-state index in [9.17, 15) is 13.2 Å². The van der Waals surface area contributed by atoms with Crippen molar-refractivity contribution in [1.29, 1.82) is 0 Å². The fourth-order valence-corrected chi connectivity index (χ4v) is 6.09. The lowest BCUT2D eigenvalue weighted by Gasteiger charge is -2.13. The van der Waals surface area contributed by atoms with Gasteiger partial charge >= 0.3 is 0 Å². The van der Waals surface area contributed by atoms with Crippen LogP contribution in [0.25, 0.3) is 0 Å². The minimum atomic E-state index is -2.91. The second kappa shape index (κ2) is 7.93. The minimum Gasteiger partial charge on any atom is -0.354 e. The lowest BCUT2D eigenvalue weighted by atomic mass is 10.2. The number of sulfone groups is 1. The Labute approximate surface area is 152 Å². The zero-order valence-corrected chi connectivity index (χ0v) is 15.3. The summed E-state index contributed by atoms with van der Waals surface area (Å²) in [6.07, 6.45) is 0.631. The number of nitrogens with one attached hydrogen (secondary N) is 2. The summed E-state index contributed by atoms with van der Waals surface area (Å²) >= 11 is 1.41. The lowest BCUT2D eigenvalue weighted by Crippen LogP contribution is -2.17. The number of anilines is 3. The molecule has 2 N–H and O–H groups in total. The van der Waals surface area contributed by atoms with Gasteiger partial charge in [-0.3, -0.25) is 4.79 Å². The average molecular weight is 377 g/mol. The molecule has 5 nitrogen and oxygen atoms in total. The fraction of sp³-hybridized carbons (Fsp3) is 0.278. The second-order valence-corrected chi connectivity index (χ2v) is 9.44. The molecule has 0 radical (unpaired) electrons. The van der Waals surface area contributed by atoms with Crippen LogP contribution in [0.1, 0.15) is 6.42 Å². The third-order valence-electron chi connectivity index (χ3n) is 3.89. The van der Waals surface area contributed by atoms with Crippen molar-refractivity contribution >= 4 is 44.6 Å². The van der Waals surface area contributed by atoms with Crippen molar-refractivity contribution in [2.45, 2.75) is 11.7 Å². The lowest BCUT2D eigenvalue weighted by molar-refractivity contribution is -0.113.